The Kier molecular flexibility index (Phi) is 6.96. The largest absolute Gasteiger partial charge is 0.335 e. The number of carbonyl (C=O) groups excluding carboxylic acids is 2. The van der Waals surface area contributed by atoms with Gasteiger partial charge in [-0.2, -0.15) is 0 Å². The number of hydrogen-bond acceptors (Lipinski definition) is 5. The summed E-state index contributed by atoms with van der Waals surface area (Å²) < 4.78 is 1.82. The average molecular weight is 422 g/mol. The summed E-state index contributed by atoms with van der Waals surface area (Å²) in [7, 11) is 1.84. The maximum absolute atomic E-state index is 12.4. The lowest BCUT2D eigenvalue weighted by Crippen LogP contribution is -2.47. The van der Waals surface area contributed by atoms with Gasteiger partial charge in [0.25, 0.3) is 0 Å². The van der Waals surface area contributed by atoms with Crippen molar-refractivity contribution in [2.45, 2.75) is 55.5 Å². The van der Waals surface area contributed by atoms with Crippen LogP contribution in [0.4, 0.5) is 4.79 Å². The molecule has 9 heteroatoms. The Balaban J connectivity index is 1.56. The van der Waals surface area contributed by atoms with Crippen LogP contribution in [0, 0.1) is 0 Å². The van der Waals surface area contributed by atoms with E-state index in [9.17, 15) is 9.59 Å². The fraction of sp³-hybridized carbons (Fsp3) is 0.474. The third-order valence-electron chi connectivity index (χ3n) is 4.77. The van der Waals surface area contributed by atoms with Crippen LogP contribution >= 0.6 is 23.4 Å². The maximum atomic E-state index is 12.4. The summed E-state index contributed by atoms with van der Waals surface area (Å²) >= 11 is 7.18. The SMILES string of the molecule is CC(Sc1nnc(-c2ccc(Cl)cc2)n1C)C(=O)NC(=O)NC1CCCCC1. The summed E-state index contributed by atoms with van der Waals surface area (Å²) in [4.78, 5) is 24.4. The van der Waals surface area contributed by atoms with Gasteiger partial charge in [0, 0.05) is 23.7 Å². The number of nitrogens with one attached hydrogen (secondary N) is 2. The van der Waals surface area contributed by atoms with Crippen molar-refractivity contribution in [3.05, 3.63) is 29.3 Å². The highest BCUT2D eigenvalue weighted by Gasteiger charge is 2.22. The number of thioether (sulfide) groups is 1. The summed E-state index contributed by atoms with van der Waals surface area (Å²) in [6.45, 7) is 1.74. The van der Waals surface area contributed by atoms with Crippen LogP contribution in [0.25, 0.3) is 11.4 Å². The molecule has 1 heterocycles. The average Bonchev–Trinajstić information content (AvgIpc) is 3.03. The number of rotatable bonds is 5. The van der Waals surface area contributed by atoms with Crippen molar-refractivity contribution in [2.75, 3.05) is 0 Å². The molecule has 28 heavy (non-hydrogen) atoms. The molecule has 2 N–H and O–H groups in total. The molecule has 1 aromatic carbocycles. The van der Waals surface area contributed by atoms with E-state index < -0.39 is 11.3 Å². The van der Waals surface area contributed by atoms with Crippen LogP contribution < -0.4 is 10.6 Å². The molecule has 0 saturated heterocycles. The first-order valence-electron chi connectivity index (χ1n) is 9.37. The lowest BCUT2D eigenvalue weighted by molar-refractivity contribution is -0.119. The number of carbonyl (C=O) groups is 2. The Bertz CT molecular complexity index is 833. The lowest BCUT2D eigenvalue weighted by Gasteiger charge is -2.23. The molecular weight excluding hydrogens is 398 g/mol. The predicted octanol–water partition coefficient (Wildman–Crippen LogP) is 3.77. The van der Waals surface area contributed by atoms with E-state index in [1.807, 2.05) is 23.7 Å². The minimum absolute atomic E-state index is 0.158. The molecule has 1 aromatic heterocycles. The topological polar surface area (TPSA) is 88.9 Å². The number of hydrogen-bond donors (Lipinski definition) is 2. The fourth-order valence-electron chi connectivity index (χ4n) is 3.16. The molecule has 1 fully saturated rings. The zero-order chi connectivity index (χ0) is 20.1. The van der Waals surface area contributed by atoms with Gasteiger partial charge in [0.05, 0.1) is 5.25 Å². The van der Waals surface area contributed by atoms with E-state index >= 15 is 0 Å². The Labute approximate surface area is 173 Å². The van der Waals surface area contributed by atoms with Gasteiger partial charge >= 0.3 is 6.03 Å². The second-order valence-corrected chi connectivity index (χ2v) is 8.67. The molecule has 1 aliphatic rings. The van der Waals surface area contributed by atoms with E-state index in [-0.39, 0.29) is 11.9 Å². The molecule has 2 aromatic rings. The van der Waals surface area contributed by atoms with E-state index in [1.54, 1.807) is 19.1 Å². The zero-order valence-electron chi connectivity index (χ0n) is 15.9. The number of aromatic nitrogens is 3. The highest BCUT2D eigenvalue weighted by molar-refractivity contribution is 8.00. The van der Waals surface area contributed by atoms with E-state index in [0.29, 0.717) is 16.0 Å². The second-order valence-electron chi connectivity index (χ2n) is 6.93. The van der Waals surface area contributed by atoms with Crippen molar-refractivity contribution in [1.29, 1.82) is 0 Å². The molecule has 1 atom stereocenters. The third kappa shape index (κ3) is 5.26. The van der Waals surface area contributed by atoms with Gasteiger partial charge in [-0.25, -0.2) is 4.79 Å². The highest BCUT2D eigenvalue weighted by atomic mass is 35.5. The molecule has 150 valence electrons. The number of nitrogens with zero attached hydrogens (tertiary/aromatic N) is 3. The zero-order valence-corrected chi connectivity index (χ0v) is 17.5. The first-order chi connectivity index (χ1) is 13.4. The maximum Gasteiger partial charge on any atom is 0.321 e. The van der Waals surface area contributed by atoms with Crippen LogP contribution in [0.2, 0.25) is 5.02 Å². The molecule has 3 rings (SSSR count). The second kappa shape index (κ2) is 9.43. The van der Waals surface area contributed by atoms with Gasteiger partial charge in [-0.05, 0) is 44.0 Å². The molecule has 0 radical (unpaired) electrons. The molecule has 1 unspecified atom stereocenters. The summed E-state index contributed by atoms with van der Waals surface area (Å²) in [6, 6.07) is 7.05. The van der Waals surface area contributed by atoms with Gasteiger partial charge in [-0.15, -0.1) is 10.2 Å². The number of amides is 3. The summed E-state index contributed by atoms with van der Waals surface area (Å²) in [5.41, 5.74) is 0.884. The van der Waals surface area contributed by atoms with Crippen molar-refractivity contribution in [1.82, 2.24) is 25.4 Å². The minimum Gasteiger partial charge on any atom is -0.335 e. The normalized spacial score (nSPS) is 15.8. The monoisotopic (exact) mass is 421 g/mol. The van der Waals surface area contributed by atoms with Crippen molar-refractivity contribution in [3.8, 4) is 11.4 Å². The fourth-order valence-corrected chi connectivity index (χ4v) is 4.10. The number of urea groups is 1. The summed E-state index contributed by atoms with van der Waals surface area (Å²) in [6.07, 6.45) is 5.39. The van der Waals surface area contributed by atoms with Crippen LogP contribution in [0.1, 0.15) is 39.0 Å². The highest BCUT2D eigenvalue weighted by Crippen LogP contribution is 2.26. The first-order valence-corrected chi connectivity index (χ1v) is 10.6. The number of halogens is 1. The minimum atomic E-state index is -0.488. The van der Waals surface area contributed by atoms with Crippen molar-refractivity contribution >= 4 is 35.3 Å². The third-order valence-corrected chi connectivity index (χ3v) is 6.15. The van der Waals surface area contributed by atoms with E-state index in [1.165, 1.54) is 18.2 Å². The predicted molar refractivity (Wildman–Crippen MR) is 110 cm³/mol. The van der Waals surface area contributed by atoms with Gasteiger partial charge in [-0.3, -0.25) is 10.1 Å². The molecule has 7 nitrogen and oxygen atoms in total. The quantitative estimate of drug-likeness (QED) is 0.717. The van der Waals surface area contributed by atoms with Gasteiger partial charge < -0.3 is 9.88 Å². The van der Waals surface area contributed by atoms with E-state index in [2.05, 4.69) is 20.8 Å². The summed E-state index contributed by atoms with van der Waals surface area (Å²) in [5.74, 6) is 0.330. The van der Waals surface area contributed by atoms with Crippen molar-refractivity contribution in [3.63, 3.8) is 0 Å². The molecule has 1 saturated carbocycles. The van der Waals surface area contributed by atoms with Gasteiger partial charge in [0.1, 0.15) is 0 Å². The Hall–Kier alpha value is -2.06. The molecular formula is C19H24ClN5O2S. The smallest absolute Gasteiger partial charge is 0.321 e. The molecule has 0 aliphatic heterocycles. The van der Waals surface area contributed by atoms with Gasteiger partial charge in [-0.1, -0.05) is 42.6 Å². The first kappa shape index (κ1) is 20.7. The Morgan fingerprint density at radius 2 is 1.86 bits per heavy atom. The standard InChI is InChI=1S/C19H24ClN5O2S/c1-12(17(26)22-18(27)21-15-6-4-3-5-7-15)28-19-24-23-16(25(19)2)13-8-10-14(20)11-9-13/h8-12,15H,3-7H2,1-2H3,(H2,21,22,26,27). The van der Waals surface area contributed by atoms with Crippen LogP contribution in [0.5, 0.6) is 0 Å². The van der Waals surface area contributed by atoms with Crippen LogP contribution in [0.3, 0.4) is 0 Å². The van der Waals surface area contributed by atoms with Gasteiger partial charge in [0.2, 0.25) is 5.91 Å². The molecule has 0 spiro atoms. The van der Waals surface area contributed by atoms with Crippen LogP contribution in [0.15, 0.2) is 29.4 Å². The molecule has 1 aliphatic carbocycles. The van der Waals surface area contributed by atoms with E-state index in [0.717, 1.165) is 31.2 Å². The summed E-state index contributed by atoms with van der Waals surface area (Å²) in [5, 5.41) is 14.5. The Morgan fingerprint density at radius 1 is 1.18 bits per heavy atom. The Morgan fingerprint density at radius 3 is 2.54 bits per heavy atom. The van der Waals surface area contributed by atoms with Crippen LogP contribution in [-0.4, -0.2) is 38.0 Å². The van der Waals surface area contributed by atoms with Crippen molar-refractivity contribution in [2.24, 2.45) is 7.05 Å². The van der Waals surface area contributed by atoms with Crippen LogP contribution in [-0.2, 0) is 11.8 Å². The van der Waals surface area contributed by atoms with E-state index in [4.69, 9.17) is 11.6 Å². The van der Waals surface area contributed by atoms with Crippen molar-refractivity contribution < 1.29 is 9.59 Å². The molecule has 3 amide bonds. The molecule has 0 bridgehead atoms. The number of imide groups is 1. The number of benzene rings is 1. The van der Waals surface area contributed by atoms with Gasteiger partial charge in [0.15, 0.2) is 11.0 Å². The lowest BCUT2D eigenvalue weighted by atomic mass is 9.96.